The van der Waals surface area contributed by atoms with Gasteiger partial charge in [0.2, 0.25) is 5.78 Å². The Morgan fingerprint density at radius 2 is 1.96 bits per heavy atom. The molecule has 0 saturated carbocycles. The Morgan fingerprint density at radius 1 is 1.29 bits per heavy atom. The number of carbonyl (C=O) groups is 1. The van der Waals surface area contributed by atoms with E-state index in [1.807, 2.05) is 45.0 Å². The van der Waals surface area contributed by atoms with Crippen LogP contribution in [-0.2, 0) is 12.0 Å². The van der Waals surface area contributed by atoms with Crippen LogP contribution in [0, 0.1) is 0 Å². The van der Waals surface area contributed by atoms with E-state index < -0.39 is 0 Å². The summed E-state index contributed by atoms with van der Waals surface area (Å²) < 4.78 is 0. The second-order valence-electron chi connectivity index (χ2n) is 6.93. The van der Waals surface area contributed by atoms with Gasteiger partial charge in [-0.15, -0.1) is 23.7 Å². The first kappa shape index (κ1) is 20.7. The van der Waals surface area contributed by atoms with Crippen LogP contribution >= 0.6 is 23.7 Å². The van der Waals surface area contributed by atoms with Crippen LogP contribution in [0.5, 0.6) is 5.75 Å². The van der Waals surface area contributed by atoms with Gasteiger partial charge in [-0.1, -0.05) is 45.9 Å². The van der Waals surface area contributed by atoms with Crippen molar-refractivity contribution in [3.63, 3.8) is 0 Å². The quantitative estimate of drug-likeness (QED) is 0.767. The third-order valence-corrected chi connectivity index (χ3v) is 4.88. The van der Waals surface area contributed by atoms with E-state index in [0.29, 0.717) is 10.4 Å². The minimum absolute atomic E-state index is 0. The minimum atomic E-state index is -0.269. The van der Waals surface area contributed by atoms with E-state index in [2.05, 4.69) is 18.9 Å². The van der Waals surface area contributed by atoms with Gasteiger partial charge in [0, 0.05) is 23.1 Å². The number of rotatable bonds is 5. The van der Waals surface area contributed by atoms with Gasteiger partial charge in [-0.25, -0.2) is 0 Å². The Morgan fingerprint density at radius 3 is 2.54 bits per heavy atom. The average Bonchev–Trinajstić information content (AvgIpc) is 2.88. The fourth-order valence-corrected chi connectivity index (χ4v) is 3.71. The van der Waals surface area contributed by atoms with Gasteiger partial charge in [0.05, 0.1) is 4.88 Å². The molecule has 0 aliphatic carbocycles. The Balaban J connectivity index is 0.00000288. The summed E-state index contributed by atoms with van der Waals surface area (Å²) in [6.45, 7) is 9.93. The second kappa shape index (κ2) is 8.15. The van der Waals surface area contributed by atoms with Gasteiger partial charge in [-0.2, -0.15) is 0 Å². The highest BCUT2D eigenvalue weighted by atomic mass is 35.5. The fraction of sp³-hybridized carbons (Fsp3) is 0.421. The highest BCUT2D eigenvalue weighted by Gasteiger charge is 2.28. The molecule has 0 saturated heterocycles. The molecule has 132 valence electrons. The summed E-state index contributed by atoms with van der Waals surface area (Å²) in [5, 5.41) is 11.8. The van der Waals surface area contributed by atoms with Crippen LogP contribution in [0.4, 0.5) is 0 Å². The van der Waals surface area contributed by atoms with Crippen LogP contribution < -0.4 is 0 Å². The van der Waals surface area contributed by atoms with Crippen LogP contribution in [0.3, 0.4) is 0 Å². The predicted octanol–water partition coefficient (Wildman–Crippen LogP) is 4.86. The van der Waals surface area contributed by atoms with Crippen molar-refractivity contribution in [2.24, 2.45) is 0 Å². The number of hydrogen-bond acceptors (Lipinski definition) is 4. The summed E-state index contributed by atoms with van der Waals surface area (Å²) in [5.74, 6) is 0.203. The summed E-state index contributed by atoms with van der Waals surface area (Å²) in [6, 6.07) is 7.77. The summed E-state index contributed by atoms with van der Waals surface area (Å²) in [7, 11) is 2.06. The van der Waals surface area contributed by atoms with E-state index in [-0.39, 0.29) is 29.4 Å². The van der Waals surface area contributed by atoms with E-state index in [0.717, 1.165) is 24.2 Å². The van der Waals surface area contributed by atoms with Gasteiger partial charge in [-0.3, -0.25) is 4.79 Å². The smallest absolute Gasteiger partial charge is 0.203 e. The molecule has 5 heteroatoms. The molecule has 2 aromatic rings. The van der Waals surface area contributed by atoms with Crippen molar-refractivity contribution in [3.8, 4) is 5.75 Å². The number of ketones is 1. The summed E-state index contributed by atoms with van der Waals surface area (Å²) in [6.07, 6.45) is 0. The maximum absolute atomic E-state index is 12.9. The third kappa shape index (κ3) is 4.59. The highest BCUT2D eigenvalue weighted by molar-refractivity contribution is 7.12. The van der Waals surface area contributed by atoms with Crippen LogP contribution in [0.2, 0.25) is 0 Å². The fourth-order valence-electron chi connectivity index (χ4n) is 2.61. The van der Waals surface area contributed by atoms with Crippen LogP contribution in [-0.4, -0.2) is 29.4 Å². The Labute approximate surface area is 154 Å². The van der Waals surface area contributed by atoms with Crippen LogP contribution in [0.25, 0.3) is 0 Å². The molecular weight excluding hydrogens is 342 g/mol. The highest BCUT2D eigenvalue weighted by Crippen LogP contribution is 2.39. The lowest BCUT2D eigenvalue weighted by Gasteiger charge is -2.20. The van der Waals surface area contributed by atoms with E-state index in [1.54, 1.807) is 5.38 Å². The molecule has 24 heavy (non-hydrogen) atoms. The van der Waals surface area contributed by atoms with Crippen molar-refractivity contribution in [1.82, 2.24) is 4.90 Å². The standard InChI is InChI=1S/C19H25NO2S.ClH/c1-6-20(5)11-13-8-7-9-14(10-13)17(22)18-16(19(2,3)4)15(21)12-23-18;/h7-10,12,21H,6,11H2,1-5H3;1H. The minimum Gasteiger partial charge on any atom is -0.507 e. The molecule has 0 amide bonds. The van der Waals surface area contributed by atoms with Crippen molar-refractivity contribution in [2.45, 2.75) is 39.7 Å². The lowest BCUT2D eigenvalue weighted by atomic mass is 9.85. The topological polar surface area (TPSA) is 40.5 Å². The first-order chi connectivity index (χ1) is 10.7. The third-order valence-electron chi connectivity index (χ3n) is 3.91. The first-order valence-corrected chi connectivity index (χ1v) is 8.75. The summed E-state index contributed by atoms with van der Waals surface area (Å²) in [5.41, 5.74) is 2.27. The maximum Gasteiger partial charge on any atom is 0.203 e. The zero-order chi connectivity index (χ0) is 17.2. The lowest BCUT2D eigenvalue weighted by molar-refractivity contribution is 0.104. The molecule has 1 heterocycles. The normalized spacial score (nSPS) is 11.4. The molecule has 1 aromatic carbocycles. The summed E-state index contributed by atoms with van der Waals surface area (Å²) >= 11 is 1.32. The molecule has 0 bridgehead atoms. The van der Waals surface area contributed by atoms with Crippen molar-refractivity contribution in [1.29, 1.82) is 0 Å². The van der Waals surface area contributed by atoms with E-state index in [9.17, 15) is 9.90 Å². The Hall–Kier alpha value is -1.36. The molecular formula is C19H26ClNO2S. The predicted molar refractivity (Wildman–Crippen MR) is 104 cm³/mol. The monoisotopic (exact) mass is 367 g/mol. The van der Waals surface area contributed by atoms with Gasteiger partial charge >= 0.3 is 0 Å². The van der Waals surface area contributed by atoms with Crippen molar-refractivity contribution in [2.75, 3.05) is 13.6 Å². The Bertz CT molecular complexity index is 704. The number of benzene rings is 1. The number of carbonyl (C=O) groups excluding carboxylic acids is 1. The van der Waals surface area contributed by atoms with Crippen LogP contribution in [0.15, 0.2) is 29.6 Å². The molecule has 0 atom stereocenters. The van der Waals surface area contributed by atoms with Crippen molar-refractivity contribution < 1.29 is 9.90 Å². The number of hydrogen-bond donors (Lipinski definition) is 1. The van der Waals surface area contributed by atoms with Gasteiger partial charge in [0.25, 0.3) is 0 Å². The molecule has 1 aromatic heterocycles. The molecule has 0 spiro atoms. The van der Waals surface area contributed by atoms with Gasteiger partial charge < -0.3 is 10.0 Å². The van der Waals surface area contributed by atoms with E-state index in [1.165, 1.54) is 11.3 Å². The van der Waals surface area contributed by atoms with Crippen LogP contribution in [0.1, 0.15) is 54.1 Å². The van der Waals surface area contributed by atoms with E-state index >= 15 is 0 Å². The zero-order valence-corrected chi connectivity index (χ0v) is 16.6. The molecule has 0 aliphatic rings. The molecule has 0 unspecified atom stereocenters. The van der Waals surface area contributed by atoms with Crippen molar-refractivity contribution in [3.05, 3.63) is 51.2 Å². The maximum atomic E-state index is 12.9. The van der Waals surface area contributed by atoms with Gasteiger partial charge in [-0.05, 0) is 30.6 Å². The molecule has 0 fully saturated rings. The first-order valence-electron chi connectivity index (χ1n) is 7.87. The molecule has 3 nitrogen and oxygen atoms in total. The number of nitrogens with zero attached hydrogens (tertiary/aromatic N) is 1. The lowest BCUT2D eigenvalue weighted by Crippen LogP contribution is -2.17. The molecule has 2 rings (SSSR count). The second-order valence-corrected chi connectivity index (χ2v) is 7.81. The SMILES string of the molecule is CCN(C)Cc1cccc(C(=O)c2scc(O)c2C(C)(C)C)c1.Cl. The largest absolute Gasteiger partial charge is 0.507 e. The van der Waals surface area contributed by atoms with Gasteiger partial charge in [0.15, 0.2) is 0 Å². The number of thiophene rings is 1. The molecule has 0 radical (unpaired) electrons. The van der Waals surface area contributed by atoms with E-state index in [4.69, 9.17) is 0 Å². The summed E-state index contributed by atoms with van der Waals surface area (Å²) in [4.78, 5) is 15.8. The molecule has 1 N–H and O–H groups in total. The number of halogens is 1. The Kier molecular flexibility index (Phi) is 7.02. The van der Waals surface area contributed by atoms with Crippen molar-refractivity contribution >= 4 is 29.5 Å². The van der Waals surface area contributed by atoms with Gasteiger partial charge in [0.1, 0.15) is 5.75 Å². The molecule has 0 aliphatic heterocycles. The average molecular weight is 368 g/mol. The number of aromatic hydroxyl groups is 1. The zero-order valence-electron chi connectivity index (χ0n) is 14.9.